The molecule has 0 amide bonds. The molecule has 7 nitrogen and oxygen atoms in total. The van der Waals surface area contributed by atoms with E-state index in [1.165, 1.54) is 16.8 Å². The number of aliphatic hydroxyl groups is 2. The van der Waals surface area contributed by atoms with Crippen LogP contribution in [0.2, 0.25) is 6.55 Å². The monoisotopic (exact) mass is 271 g/mol. The fourth-order valence-corrected chi connectivity index (χ4v) is 3.85. The van der Waals surface area contributed by atoms with Gasteiger partial charge in [0.15, 0.2) is 0 Å². The third-order valence-electron chi connectivity index (χ3n) is 3.32. The summed E-state index contributed by atoms with van der Waals surface area (Å²) in [6.07, 6.45) is 0.411. The highest BCUT2D eigenvalue weighted by Crippen LogP contribution is 2.33. The molecule has 0 bridgehead atoms. The van der Waals surface area contributed by atoms with Crippen LogP contribution in [-0.4, -0.2) is 48.1 Å². The van der Waals surface area contributed by atoms with Crippen LogP contribution in [0.4, 0.5) is 5.82 Å². The van der Waals surface area contributed by atoms with E-state index < -0.39 is 32.8 Å². The van der Waals surface area contributed by atoms with E-state index >= 15 is 0 Å². The Balaban J connectivity index is 2.43. The molecule has 0 aliphatic carbocycles. The lowest BCUT2D eigenvalue weighted by molar-refractivity contribution is -0.0713. The highest BCUT2D eigenvalue weighted by molar-refractivity contribution is 6.36. The van der Waals surface area contributed by atoms with Gasteiger partial charge in [0.1, 0.15) is 17.3 Å². The van der Waals surface area contributed by atoms with Gasteiger partial charge in [-0.1, -0.05) is 6.55 Å². The van der Waals surface area contributed by atoms with Crippen LogP contribution in [0.15, 0.2) is 17.1 Å². The lowest BCUT2D eigenvalue weighted by Crippen LogP contribution is -2.46. The number of aromatic nitrogens is 2. The normalized spacial score (nSPS) is 32.4. The van der Waals surface area contributed by atoms with Crippen LogP contribution in [0.25, 0.3) is 0 Å². The van der Waals surface area contributed by atoms with Gasteiger partial charge in [-0.3, -0.25) is 4.57 Å². The fourth-order valence-electron chi connectivity index (χ4n) is 2.31. The summed E-state index contributed by atoms with van der Waals surface area (Å²) in [5.74, 6) is 0.154. The molecule has 0 unspecified atom stereocenters. The van der Waals surface area contributed by atoms with Crippen molar-refractivity contribution in [2.75, 3.05) is 12.3 Å². The van der Waals surface area contributed by atoms with Crippen LogP contribution in [-0.2, 0) is 10.1 Å². The largest absolute Gasteiger partial charge is 0.394 e. The number of hydrogen-bond acceptors (Lipinski definition) is 6. The lowest BCUT2D eigenvalue weighted by Gasteiger charge is -2.29. The van der Waals surface area contributed by atoms with E-state index in [-0.39, 0.29) is 12.4 Å². The van der Waals surface area contributed by atoms with Crippen molar-refractivity contribution < 1.29 is 14.9 Å². The third-order valence-corrected chi connectivity index (χ3v) is 5.23. The summed E-state index contributed by atoms with van der Waals surface area (Å²) >= 11 is 0. The molecule has 0 spiro atoms. The summed E-state index contributed by atoms with van der Waals surface area (Å²) in [4.78, 5) is 15.5. The molecule has 18 heavy (non-hydrogen) atoms. The van der Waals surface area contributed by atoms with E-state index in [4.69, 9.17) is 15.6 Å². The van der Waals surface area contributed by atoms with Gasteiger partial charge in [0.2, 0.25) is 0 Å². The predicted octanol–water partition coefficient (Wildman–Crippen LogP) is -2.21. The molecule has 8 heteroatoms. The Labute approximate surface area is 106 Å². The number of nitrogens with two attached hydrogens (primary N) is 1. The number of hydrogen-bond donors (Lipinski definition) is 3. The SMILES string of the molecule is C[SiH2][C@]1(n2ccc(N)nc2=O)C[C@H](O)[C@@H](CO)O1. The quantitative estimate of drug-likeness (QED) is 0.538. The van der Waals surface area contributed by atoms with E-state index in [1.54, 1.807) is 0 Å². The lowest BCUT2D eigenvalue weighted by atomic mass is 10.2. The molecule has 0 radical (unpaired) electrons. The molecule has 2 heterocycles. The van der Waals surface area contributed by atoms with Crippen molar-refractivity contribution in [3.8, 4) is 0 Å². The van der Waals surface area contributed by atoms with Gasteiger partial charge in [-0.15, -0.1) is 0 Å². The van der Waals surface area contributed by atoms with E-state index in [2.05, 4.69) is 4.98 Å². The molecule has 1 fully saturated rings. The summed E-state index contributed by atoms with van der Waals surface area (Å²) < 4.78 is 7.09. The molecule has 0 saturated carbocycles. The molecule has 2 rings (SSSR count). The smallest absolute Gasteiger partial charge is 0.351 e. The van der Waals surface area contributed by atoms with E-state index in [1.807, 2.05) is 6.55 Å². The minimum Gasteiger partial charge on any atom is -0.394 e. The second-order valence-corrected chi connectivity index (χ2v) is 6.23. The van der Waals surface area contributed by atoms with Crippen molar-refractivity contribution in [3.05, 3.63) is 22.7 Å². The zero-order valence-corrected chi connectivity index (χ0v) is 11.5. The van der Waals surface area contributed by atoms with Gasteiger partial charge in [-0.2, -0.15) is 4.98 Å². The number of anilines is 1. The zero-order chi connectivity index (χ0) is 13.3. The Hall–Kier alpha value is -1.22. The van der Waals surface area contributed by atoms with Crippen LogP contribution in [0.3, 0.4) is 0 Å². The molecule has 1 saturated heterocycles. The highest BCUT2D eigenvalue weighted by atomic mass is 28.2. The molecular formula is C10H17N3O4Si. The Morgan fingerprint density at radius 3 is 3.00 bits per heavy atom. The van der Waals surface area contributed by atoms with E-state index in [9.17, 15) is 9.90 Å². The standard InChI is InChI=1S/C10H17N3O4Si/c1-18-10(4-6(15)7(5-14)17-10)13-3-2-8(11)12-9(13)16/h2-3,6-7,14-15H,4-5,18H2,1H3,(H2,11,12,16)/t6-,7+,10-/m0/s1. The number of aliphatic hydroxyl groups excluding tert-OH is 2. The third kappa shape index (κ3) is 2.07. The summed E-state index contributed by atoms with van der Waals surface area (Å²) in [5, 5.41) is 18.1. The van der Waals surface area contributed by atoms with E-state index in [0.29, 0.717) is 6.42 Å². The molecule has 100 valence electrons. The van der Waals surface area contributed by atoms with Crippen molar-refractivity contribution in [2.24, 2.45) is 0 Å². The maximum absolute atomic E-state index is 11.9. The van der Waals surface area contributed by atoms with Crippen LogP contribution in [0.5, 0.6) is 0 Å². The van der Waals surface area contributed by atoms with E-state index in [0.717, 1.165) is 0 Å². The van der Waals surface area contributed by atoms with Gasteiger partial charge < -0.3 is 20.7 Å². The Kier molecular flexibility index (Phi) is 3.53. The minimum atomic E-state index is -0.832. The summed E-state index contributed by atoms with van der Waals surface area (Å²) in [7, 11) is -0.832. The second-order valence-electron chi connectivity index (χ2n) is 4.42. The first-order valence-corrected chi connectivity index (χ1v) is 7.97. The fraction of sp³-hybridized carbons (Fsp3) is 0.600. The van der Waals surface area contributed by atoms with Crippen molar-refractivity contribution >= 4 is 15.3 Å². The second kappa shape index (κ2) is 4.80. The van der Waals surface area contributed by atoms with Crippen LogP contribution >= 0.6 is 0 Å². The van der Waals surface area contributed by atoms with Crippen molar-refractivity contribution in [2.45, 2.75) is 30.5 Å². The Bertz CT molecular complexity index is 494. The summed E-state index contributed by atoms with van der Waals surface area (Å²) in [5.41, 5.74) is 4.96. The maximum atomic E-state index is 11.9. The van der Waals surface area contributed by atoms with Crippen LogP contribution < -0.4 is 11.4 Å². The topological polar surface area (TPSA) is 111 Å². The van der Waals surface area contributed by atoms with Gasteiger partial charge in [0.25, 0.3) is 0 Å². The molecule has 1 aliphatic heterocycles. The van der Waals surface area contributed by atoms with Gasteiger partial charge in [0.05, 0.1) is 22.2 Å². The molecule has 3 atom stereocenters. The Morgan fingerprint density at radius 1 is 1.78 bits per heavy atom. The molecule has 4 N–H and O–H groups in total. The first kappa shape index (κ1) is 13.2. The first-order valence-electron chi connectivity index (χ1n) is 5.85. The van der Waals surface area contributed by atoms with Gasteiger partial charge >= 0.3 is 5.69 Å². The van der Waals surface area contributed by atoms with Crippen LogP contribution in [0, 0.1) is 0 Å². The number of nitrogen functional groups attached to an aromatic ring is 1. The number of nitrogens with zero attached hydrogens (tertiary/aromatic N) is 2. The highest BCUT2D eigenvalue weighted by Gasteiger charge is 2.46. The summed E-state index contributed by atoms with van der Waals surface area (Å²) in [6, 6.07) is 1.52. The van der Waals surface area contributed by atoms with Gasteiger partial charge in [-0.25, -0.2) is 4.79 Å². The number of rotatable bonds is 3. The number of ether oxygens (including phenoxy) is 1. The van der Waals surface area contributed by atoms with Crippen molar-refractivity contribution in [1.29, 1.82) is 0 Å². The molecular weight excluding hydrogens is 254 g/mol. The van der Waals surface area contributed by atoms with Crippen LogP contribution in [0.1, 0.15) is 6.42 Å². The van der Waals surface area contributed by atoms with Crippen molar-refractivity contribution in [1.82, 2.24) is 9.55 Å². The summed E-state index contributed by atoms with van der Waals surface area (Å²) in [6.45, 7) is 1.71. The molecule has 1 aromatic heterocycles. The molecule has 0 aromatic carbocycles. The maximum Gasteiger partial charge on any atom is 0.351 e. The Morgan fingerprint density at radius 2 is 2.50 bits per heavy atom. The average molecular weight is 271 g/mol. The zero-order valence-electron chi connectivity index (χ0n) is 10.1. The van der Waals surface area contributed by atoms with Crippen molar-refractivity contribution in [3.63, 3.8) is 0 Å². The van der Waals surface area contributed by atoms with Gasteiger partial charge in [0, 0.05) is 12.6 Å². The first-order chi connectivity index (χ1) is 8.52. The van der Waals surface area contributed by atoms with Gasteiger partial charge in [-0.05, 0) is 6.07 Å². The average Bonchev–Trinajstić information content (AvgIpc) is 2.67. The predicted molar refractivity (Wildman–Crippen MR) is 67.9 cm³/mol. The molecule has 1 aromatic rings. The minimum absolute atomic E-state index is 0.154. The molecule has 1 aliphatic rings.